The molecule has 2 N–H and O–H groups in total. The lowest BCUT2D eigenvalue weighted by atomic mass is 10.0. The van der Waals surface area contributed by atoms with E-state index in [4.69, 9.17) is 4.74 Å². The van der Waals surface area contributed by atoms with Gasteiger partial charge in [-0.3, -0.25) is 14.6 Å². The molecule has 9 nitrogen and oxygen atoms in total. The molecule has 0 fully saturated rings. The highest BCUT2D eigenvalue weighted by atomic mass is 32.2. The molecule has 0 aliphatic carbocycles. The van der Waals surface area contributed by atoms with E-state index in [1.165, 1.54) is 28.0 Å². The van der Waals surface area contributed by atoms with Gasteiger partial charge in [-0.25, -0.2) is 17.8 Å². The van der Waals surface area contributed by atoms with Gasteiger partial charge in [0.1, 0.15) is 23.1 Å². The zero-order chi connectivity index (χ0) is 28.1. The van der Waals surface area contributed by atoms with Crippen LogP contribution in [-0.2, 0) is 17.1 Å². The maximum atomic E-state index is 14.0. The van der Waals surface area contributed by atoms with Gasteiger partial charge in [0.15, 0.2) is 5.82 Å². The van der Waals surface area contributed by atoms with Crippen LogP contribution in [0.2, 0.25) is 0 Å². The van der Waals surface area contributed by atoms with Crippen molar-refractivity contribution >= 4 is 37.1 Å². The van der Waals surface area contributed by atoms with Crippen LogP contribution in [0.25, 0.3) is 31.9 Å². The Bertz CT molecular complexity index is 1880. The minimum atomic E-state index is -3.55. The zero-order valence-corrected chi connectivity index (χ0v) is 23.6. The topological polar surface area (TPSA) is 119 Å². The summed E-state index contributed by atoms with van der Waals surface area (Å²) in [5.41, 5.74) is 2.57. The van der Waals surface area contributed by atoms with Crippen molar-refractivity contribution in [2.24, 2.45) is 7.05 Å². The van der Waals surface area contributed by atoms with Crippen molar-refractivity contribution in [1.29, 1.82) is 0 Å². The highest BCUT2D eigenvalue weighted by Gasteiger charge is 2.21. The van der Waals surface area contributed by atoms with Crippen molar-refractivity contribution in [2.45, 2.75) is 27.7 Å². The molecule has 202 valence electrons. The van der Waals surface area contributed by atoms with Crippen LogP contribution in [0.1, 0.15) is 23.9 Å². The molecule has 3 heterocycles. The third-order valence-corrected chi connectivity index (χ3v) is 8.70. The third kappa shape index (κ3) is 5.17. The quantitative estimate of drug-likeness (QED) is 0.262. The normalized spacial score (nSPS) is 11.7. The van der Waals surface area contributed by atoms with Crippen LogP contribution in [-0.4, -0.2) is 33.9 Å². The summed E-state index contributed by atoms with van der Waals surface area (Å²) in [4.78, 5) is 18.2. The maximum Gasteiger partial charge on any atom is 0.259 e. The summed E-state index contributed by atoms with van der Waals surface area (Å²) >= 11 is 1.35. The number of halogens is 1. The number of anilines is 1. The number of aryl methyl sites for hydroxylation is 4. The molecule has 0 saturated heterocycles. The number of fused-ring (bicyclic) bond motifs is 1. The minimum absolute atomic E-state index is 0.0942. The van der Waals surface area contributed by atoms with E-state index in [0.717, 1.165) is 0 Å². The van der Waals surface area contributed by atoms with Crippen molar-refractivity contribution < 1.29 is 17.5 Å². The summed E-state index contributed by atoms with van der Waals surface area (Å²) < 4.78 is 49.7. The van der Waals surface area contributed by atoms with E-state index in [2.05, 4.69) is 19.9 Å². The maximum absolute atomic E-state index is 14.0. The summed E-state index contributed by atoms with van der Waals surface area (Å²) in [5.74, 6) is 1.56. The fourth-order valence-corrected chi connectivity index (χ4v) is 6.06. The molecular formula is C27H26FN5O4S2. The first-order valence-corrected chi connectivity index (χ1v) is 14.5. The highest BCUT2D eigenvalue weighted by Crippen LogP contribution is 2.43. The lowest BCUT2D eigenvalue weighted by molar-refractivity contribution is 0.474. The van der Waals surface area contributed by atoms with Gasteiger partial charge in [0.05, 0.1) is 20.7 Å². The summed E-state index contributed by atoms with van der Waals surface area (Å²) in [6.07, 6.45) is 1.69. The molecule has 5 rings (SSSR count). The van der Waals surface area contributed by atoms with Gasteiger partial charge in [-0.05, 0) is 75.2 Å². The van der Waals surface area contributed by atoms with E-state index in [1.54, 1.807) is 65.2 Å². The van der Waals surface area contributed by atoms with E-state index in [9.17, 15) is 17.6 Å². The number of ether oxygens (including phenoxy) is 1. The second kappa shape index (κ2) is 9.93. The Hall–Kier alpha value is -4.03. The van der Waals surface area contributed by atoms with Crippen molar-refractivity contribution in [2.75, 3.05) is 10.5 Å². The van der Waals surface area contributed by atoms with Crippen LogP contribution in [0.5, 0.6) is 11.5 Å². The molecule has 0 saturated carbocycles. The summed E-state index contributed by atoms with van der Waals surface area (Å²) in [7, 11) is -1.90. The van der Waals surface area contributed by atoms with Crippen LogP contribution in [0.15, 0.2) is 47.4 Å². The lowest BCUT2D eigenvalue weighted by Gasteiger charge is -2.18. The largest absolute Gasteiger partial charge is 0.456 e. The Morgan fingerprint density at radius 1 is 1.10 bits per heavy atom. The second-order valence-electron chi connectivity index (χ2n) is 9.24. The highest BCUT2D eigenvalue weighted by molar-refractivity contribution is 7.92. The second-order valence-corrected chi connectivity index (χ2v) is 12.3. The average Bonchev–Trinajstić information content (AvgIpc) is 3.51. The molecule has 0 atom stereocenters. The number of hydrogen-bond acceptors (Lipinski definition) is 7. The van der Waals surface area contributed by atoms with Gasteiger partial charge >= 0.3 is 0 Å². The number of aromatic amines is 1. The summed E-state index contributed by atoms with van der Waals surface area (Å²) in [5, 5.41) is 7.52. The predicted octanol–water partition coefficient (Wildman–Crippen LogP) is 5.67. The van der Waals surface area contributed by atoms with Crippen molar-refractivity contribution in [3.8, 4) is 33.3 Å². The van der Waals surface area contributed by atoms with Crippen LogP contribution >= 0.6 is 11.3 Å². The van der Waals surface area contributed by atoms with Gasteiger partial charge in [-0.1, -0.05) is 0 Å². The molecule has 0 spiro atoms. The molecule has 39 heavy (non-hydrogen) atoms. The molecular weight excluding hydrogens is 541 g/mol. The van der Waals surface area contributed by atoms with Gasteiger partial charge < -0.3 is 9.30 Å². The smallest absolute Gasteiger partial charge is 0.259 e. The Labute approximate surface area is 228 Å². The molecule has 12 heteroatoms. The molecule has 3 aromatic heterocycles. The van der Waals surface area contributed by atoms with Gasteiger partial charge in [-0.2, -0.15) is 5.10 Å². The number of nitrogens with one attached hydrogen (secondary N) is 2. The Balaban J connectivity index is 1.76. The predicted molar refractivity (Wildman–Crippen MR) is 152 cm³/mol. The number of sulfonamides is 1. The molecule has 0 aliphatic rings. The zero-order valence-electron chi connectivity index (χ0n) is 21.9. The van der Waals surface area contributed by atoms with E-state index >= 15 is 0 Å². The van der Waals surface area contributed by atoms with Crippen molar-refractivity contribution in [3.63, 3.8) is 0 Å². The number of rotatable bonds is 7. The molecule has 0 unspecified atom stereocenters. The number of hydrogen-bond donors (Lipinski definition) is 2. The molecule has 0 amide bonds. The van der Waals surface area contributed by atoms with Gasteiger partial charge in [0.2, 0.25) is 10.0 Å². The third-order valence-electron chi connectivity index (χ3n) is 6.23. The molecule has 2 aromatic carbocycles. The van der Waals surface area contributed by atoms with Gasteiger partial charge in [0, 0.05) is 30.1 Å². The number of aromatic nitrogens is 4. The number of pyridine rings is 1. The number of benzene rings is 2. The van der Waals surface area contributed by atoms with Crippen LogP contribution in [0, 0.1) is 26.6 Å². The van der Waals surface area contributed by atoms with E-state index in [1.807, 2.05) is 0 Å². The molecule has 0 radical (unpaired) electrons. The molecule has 0 aliphatic heterocycles. The van der Waals surface area contributed by atoms with Gasteiger partial charge in [-0.15, -0.1) is 11.3 Å². The summed E-state index contributed by atoms with van der Waals surface area (Å²) in [6, 6.07) is 9.48. The SMILES string of the molecule is CCS(=O)(=O)Nc1ccc(Oc2c(C)cc(F)cc2C)c(-c2cn(C)c(=O)c3cc(-c4n[nH]c(C)n4)sc23)c1. The first-order valence-electron chi connectivity index (χ1n) is 12.1. The monoisotopic (exact) mass is 567 g/mol. The molecule has 5 aromatic rings. The average molecular weight is 568 g/mol. The fourth-order valence-electron chi connectivity index (χ4n) is 4.32. The van der Waals surface area contributed by atoms with E-state index < -0.39 is 10.0 Å². The van der Waals surface area contributed by atoms with E-state index in [-0.39, 0.29) is 17.1 Å². The standard InChI is InChI=1S/C27H26FN5O4S2/c1-6-39(35,36)32-18-7-8-22(37-24-14(2)9-17(28)10-15(24)3)19(11-18)21-13-33(5)27(34)20-12-23(38-25(20)21)26-29-16(4)30-31-26/h7-13,32H,6H2,1-5H3,(H,29,30,31). The first kappa shape index (κ1) is 26.6. The summed E-state index contributed by atoms with van der Waals surface area (Å²) in [6.45, 7) is 6.85. The van der Waals surface area contributed by atoms with Gasteiger partial charge in [0.25, 0.3) is 5.56 Å². The number of H-pyrrole nitrogens is 1. The first-order chi connectivity index (χ1) is 18.5. The van der Waals surface area contributed by atoms with Crippen LogP contribution in [0.3, 0.4) is 0 Å². The Morgan fingerprint density at radius 2 is 1.82 bits per heavy atom. The Kier molecular flexibility index (Phi) is 6.77. The van der Waals surface area contributed by atoms with E-state index in [0.29, 0.717) is 66.1 Å². The number of nitrogens with zero attached hydrogens (tertiary/aromatic N) is 3. The Morgan fingerprint density at radius 3 is 2.46 bits per heavy atom. The van der Waals surface area contributed by atoms with Crippen LogP contribution in [0.4, 0.5) is 10.1 Å². The lowest BCUT2D eigenvalue weighted by Crippen LogP contribution is -2.16. The van der Waals surface area contributed by atoms with Crippen molar-refractivity contribution in [1.82, 2.24) is 19.7 Å². The molecule has 0 bridgehead atoms. The minimum Gasteiger partial charge on any atom is -0.456 e. The number of thiophene rings is 1. The van der Waals surface area contributed by atoms with Crippen molar-refractivity contribution in [3.05, 3.63) is 75.7 Å². The van der Waals surface area contributed by atoms with Crippen LogP contribution < -0.4 is 15.0 Å². The fraction of sp³-hybridized carbons (Fsp3) is 0.222.